The third-order valence-corrected chi connectivity index (χ3v) is 6.51. The Morgan fingerprint density at radius 1 is 1.26 bits per heavy atom. The molecule has 4 aromatic rings. The quantitative estimate of drug-likeness (QED) is 0.289. The summed E-state index contributed by atoms with van der Waals surface area (Å²) in [5.41, 5.74) is 3.18. The van der Waals surface area contributed by atoms with E-state index >= 15 is 0 Å². The Bertz CT molecular complexity index is 1180. The van der Waals surface area contributed by atoms with Crippen LogP contribution in [0.2, 0.25) is 0 Å². The number of hydrogen-bond donors (Lipinski definition) is 0. The molecule has 8 heteroatoms. The summed E-state index contributed by atoms with van der Waals surface area (Å²) < 4.78 is 6.70. The Hall–Kier alpha value is -2.45. The molecule has 4 heterocycles. The molecule has 4 aromatic heterocycles. The summed E-state index contributed by atoms with van der Waals surface area (Å²) in [5, 5.41) is 2.11. The number of ether oxygens (including phenoxy) is 1. The molecule has 0 aromatic carbocycles. The molecule has 0 aliphatic heterocycles. The van der Waals surface area contributed by atoms with Crippen molar-refractivity contribution in [3.8, 4) is 0 Å². The fraction of sp³-hybridized carbons (Fsp3) is 0.263. The molecule has 0 bridgehead atoms. The van der Waals surface area contributed by atoms with E-state index in [0.717, 1.165) is 26.8 Å². The fourth-order valence-electron chi connectivity index (χ4n) is 2.96. The van der Waals surface area contributed by atoms with Crippen LogP contribution in [-0.4, -0.2) is 32.4 Å². The Kier molecular flexibility index (Phi) is 4.61. The maximum Gasteiger partial charge on any atom is 0.341 e. The number of thiophene rings is 1. The molecule has 4 rings (SSSR count). The number of nitrogens with zero attached hydrogens (tertiary/aromatic N) is 4. The lowest BCUT2D eigenvalue weighted by Gasteiger charge is -2.03. The Morgan fingerprint density at radius 2 is 2.07 bits per heavy atom. The SMILES string of the molecule is COC(=O)c1cccn2cc(CSc3nc(C)nc4sc(C)c(C)c34)nc12. The number of imidazole rings is 1. The summed E-state index contributed by atoms with van der Waals surface area (Å²) in [6, 6.07) is 3.53. The maximum absolute atomic E-state index is 11.9. The minimum atomic E-state index is -0.386. The Labute approximate surface area is 164 Å². The zero-order valence-electron chi connectivity index (χ0n) is 15.4. The molecule has 0 atom stereocenters. The minimum absolute atomic E-state index is 0.386. The highest BCUT2D eigenvalue weighted by Gasteiger charge is 2.16. The highest BCUT2D eigenvalue weighted by atomic mass is 32.2. The van der Waals surface area contributed by atoms with Crippen LogP contribution in [0.5, 0.6) is 0 Å². The van der Waals surface area contributed by atoms with Crippen LogP contribution < -0.4 is 0 Å². The standard InChI is InChI=1S/C19H18N4O2S2/c1-10-11(2)27-18-15(10)17(20-12(3)21-18)26-9-13-8-23-7-5-6-14(16(23)22-13)19(24)25-4/h5-8H,9H2,1-4H3. The van der Waals surface area contributed by atoms with Crippen molar-refractivity contribution in [2.24, 2.45) is 0 Å². The molecule has 27 heavy (non-hydrogen) atoms. The van der Waals surface area contributed by atoms with E-state index in [9.17, 15) is 4.79 Å². The average Bonchev–Trinajstić information content (AvgIpc) is 3.19. The second-order valence-electron chi connectivity index (χ2n) is 6.20. The van der Waals surface area contributed by atoms with Crippen molar-refractivity contribution in [2.45, 2.75) is 31.6 Å². The van der Waals surface area contributed by atoms with Crippen LogP contribution in [0.15, 0.2) is 29.6 Å². The van der Waals surface area contributed by atoms with Crippen molar-refractivity contribution in [2.75, 3.05) is 7.11 Å². The number of pyridine rings is 1. The average molecular weight is 399 g/mol. The van der Waals surface area contributed by atoms with Gasteiger partial charge in [-0.1, -0.05) is 11.8 Å². The number of methoxy groups -OCH3 is 1. The first-order valence-electron chi connectivity index (χ1n) is 8.40. The smallest absolute Gasteiger partial charge is 0.341 e. The van der Waals surface area contributed by atoms with Crippen LogP contribution in [0.1, 0.15) is 32.3 Å². The van der Waals surface area contributed by atoms with Gasteiger partial charge >= 0.3 is 5.97 Å². The topological polar surface area (TPSA) is 69.4 Å². The van der Waals surface area contributed by atoms with Gasteiger partial charge in [-0.25, -0.2) is 19.7 Å². The van der Waals surface area contributed by atoms with E-state index in [1.165, 1.54) is 17.6 Å². The Morgan fingerprint density at radius 3 is 2.85 bits per heavy atom. The van der Waals surface area contributed by atoms with Gasteiger partial charge in [0.25, 0.3) is 0 Å². The summed E-state index contributed by atoms with van der Waals surface area (Å²) in [6.07, 6.45) is 3.81. The lowest BCUT2D eigenvalue weighted by Crippen LogP contribution is -2.03. The van der Waals surface area contributed by atoms with Gasteiger partial charge in [-0.3, -0.25) is 0 Å². The third kappa shape index (κ3) is 3.19. The highest BCUT2D eigenvalue weighted by Crippen LogP contribution is 2.36. The summed E-state index contributed by atoms with van der Waals surface area (Å²) in [6.45, 7) is 6.15. The van der Waals surface area contributed by atoms with Gasteiger partial charge in [0.1, 0.15) is 21.2 Å². The Balaban J connectivity index is 1.68. The maximum atomic E-state index is 11.9. The van der Waals surface area contributed by atoms with Crippen molar-refractivity contribution in [1.29, 1.82) is 0 Å². The number of carbonyl (C=O) groups is 1. The second-order valence-corrected chi connectivity index (χ2v) is 8.37. The molecule has 138 valence electrons. The molecule has 0 N–H and O–H groups in total. The van der Waals surface area contributed by atoms with Crippen LogP contribution in [0.25, 0.3) is 15.9 Å². The lowest BCUT2D eigenvalue weighted by atomic mass is 10.2. The largest absolute Gasteiger partial charge is 0.465 e. The first kappa shape index (κ1) is 17.9. The van der Waals surface area contributed by atoms with Gasteiger partial charge in [-0.15, -0.1) is 11.3 Å². The van der Waals surface area contributed by atoms with Gasteiger partial charge in [-0.05, 0) is 38.5 Å². The number of aryl methyl sites for hydroxylation is 3. The number of esters is 1. The molecule has 0 radical (unpaired) electrons. The van der Waals surface area contributed by atoms with E-state index in [1.807, 2.05) is 29.8 Å². The summed E-state index contributed by atoms with van der Waals surface area (Å²) in [7, 11) is 1.37. The summed E-state index contributed by atoms with van der Waals surface area (Å²) in [5.74, 6) is 1.04. The zero-order valence-corrected chi connectivity index (χ0v) is 17.1. The monoisotopic (exact) mass is 398 g/mol. The molecule has 0 fully saturated rings. The third-order valence-electron chi connectivity index (χ3n) is 4.40. The number of carbonyl (C=O) groups excluding carboxylic acids is 1. The van der Waals surface area contributed by atoms with Gasteiger partial charge < -0.3 is 9.14 Å². The van der Waals surface area contributed by atoms with Crippen molar-refractivity contribution in [3.63, 3.8) is 0 Å². The van der Waals surface area contributed by atoms with Crippen LogP contribution in [0.3, 0.4) is 0 Å². The van der Waals surface area contributed by atoms with E-state index in [0.29, 0.717) is 17.0 Å². The number of hydrogen-bond acceptors (Lipinski definition) is 7. The first-order chi connectivity index (χ1) is 13.0. The highest BCUT2D eigenvalue weighted by molar-refractivity contribution is 7.98. The molecule has 0 aliphatic rings. The van der Waals surface area contributed by atoms with Crippen molar-refractivity contribution in [3.05, 3.63) is 52.0 Å². The van der Waals surface area contributed by atoms with E-state index in [1.54, 1.807) is 29.2 Å². The first-order valence-corrected chi connectivity index (χ1v) is 10.2. The second kappa shape index (κ2) is 6.94. The van der Waals surface area contributed by atoms with Gasteiger partial charge in [0, 0.05) is 28.4 Å². The summed E-state index contributed by atoms with van der Waals surface area (Å²) in [4.78, 5) is 28.1. The lowest BCUT2D eigenvalue weighted by molar-refractivity contribution is 0.0602. The van der Waals surface area contributed by atoms with Gasteiger partial charge in [0.2, 0.25) is 0 Å². The number of aromatic nitrogens is 4. The molecule has 0 saturated heterocycles. The molecule has 0 unspecified atom stereocenters. The fourth-order valence-corrected chi connectivity index (χ4v) is 5.12. The van der Waals surface area contributed by atoms with Crippen LogP contribution in [0.4, 0.5) is 0 Å². The molecule has 0 saturated carbocycles. The molecule has 0 amide bonds. The minimum Gasteiger partial charge on any atom is -0.465 e. The van der Waals surface area contributed by atoms with Crippen molar-refractivity contribution >= 4 is 44.9 Å². The van der Waals surface area contributed by atoms with Crippen LogP contribution in [-0.2, 0) is 10.5 Å². The van der Waals surface area contributed by atoms with Crippen LogP contribution >= 0.6 is 23.1 Å². The zero-order chi connectivity index (χ0) is 19.1. The van der Waals surface area contributed by atoms with Crippen molar-refractivity contribution in [1.82, 2.24) is 19.4 Å². The van der Waals surface area contributed by atoms with E-state index in [2.05, 4.69) is 28.8 Å². The normalized spacial score (nSPS) is 11.4. The molecule has 0 aliphatic carbocycles. The molecular weight excluding hydrogens is 380 g/mol. The van der Waals surface area contributed by atoms with E-state index < -0.39 is 0 Å². The van der Waals surface area contributed by atoms with E-state index in [-0.39, 0.29) is 5.97 Å². The summed E-state index contributed by atoms with van der Waals surface area (Å²) >= 11 is 3.35. The number of thioether (sulfide) groups is 1. The predicted octanol–water partition coefficient (Wildman–Crippen LogP) is 4.34. The predicted molar refractivity (Wildman–Crippen MR) is 108 cm³/mol. The molecular formula is C19H18N4O2S2. The van der Waals surface area contributed by atoms with Crippen molar-refractivity contribution < 1.29 is 9.53 Å². The number of rotatable bonds is 4. The molecule has 6 nitrogen and oxygen atoms in total. The van der Waals surface area contributed by atoms with Gasteiger partial charge in [0.15, 0.2) is 5.65 Å². The van der Waals surface area contributed by atoms with Gasteiger partial charge in [-0.2, -0.15) is 0 Å². The molecule has 0 spiro atoms. The van der Waals surface area contributed by atoms with Gasteiger partial charge in [0.05, 0.1) is 12.8 Å². The van der Waals surface area contributed by atoms with E-state index in [4.69, 9.17) is 4.74 Å². The van der Waals surface area contributed by atoms with Crippen LogP contribution in [0, 0.1) is 20.8 Å². The number of fused-ring (bicyclic) bond motifs is 2.